The number of pyridine rings is 1. The molecule has 1 heterocycles. The van der Waals surface area contributed by atoms with Crippen LogP contribution in [0.5, 0.6) is 11.5 Å². The average Bonchev–Trinajstić information content (AvgIpc) is 2.50. The first kappa shape index (κ1) is 17.4. The van der Waals surface area contributed by atoms with Crippen LogP contribution in [0.3, 0.4) is 0 Å². The van der Waals surface area contributed by atoms with E-state index in [4.69, 9.17) is 4.74 Å². The molecule has 2 rings (SSSR count). The van der Waals surface area contributed by atoms with E-state index < -0.39 is 0 Å². The smallest absolute Gasteiger partial charge is 0.145 e. The van der Waals surface area contributed by atoms with Crippen molar-refractivity contribution < 1.29 is 9.84 Å². The van der Waals surface area contributed by atoms with Gasteiger partial charge in [0.05, 0.1) is 12.3 Å². The Morgan fingerprint density at radius 3 is 2.78 bits per heavy atom. The minimum absolute atomic E-state index is 0.362. The van der Waals surface area contributed by atoms with Gasteiger partial charge in [0.2, 0.25) is 0 Å². The molecule has 1 unspecified atom stereocenters. The topological polar surface area (TPSA) is 57.6 Å². The zero-order chi connectivity index (χ0) is 16.7. The van der Waals surface area contributed by atoms with Crippen molar-refractivity contribution in [3.05, 3.63) is 53.9 Å². The molecule has 0 bridgehead atoms. The van der Waals surface area contributed by atoms with Crippen LogP contribution >= 0.6 is 0 Å². The summed E-state index contributed by atoms with van der Waals surface area (Å²) in [6.07, 6.45) is 3.06. The van der Waals surface area contributed by atoms with E-state index in [1.807, 2.05) is 50.2 Å². The second kappa shape index (κ2) is 8.62. The molecule has 2 N–H and O–H groups in total. The van der Waals surface area contributed by atoms with Gasteiger partial charge in [-0.05, 0) is 50.3 Å². The number of nitrogens with zero attached hydrogens (tertiary/aromatic N) is 2. The van der Waals surface area contributed by atoms with Crippen molar-refractivity contribution in [3.63, 3.8) is 0 Å². The Hall–Kier alpha value is -1.95. The molecule has 0 spiro atoms. The van der Waals surface area contributed by atoms with Gasteiger partial charge in [0.25, 0.3) is 0 Å². The number of benzene rings is 1. The first-order chi connectivity index (χ1) is 11.0. The number of hydrogen-bond acceptors (Lipinski definition) is 5. The van der Waals surface area contributed by atoms with Gasteiger partial charge in [0.1, 0.15) is 11.5 Å². The van der Waals surface area contributed by atoms with Gasteiger partial charge in [-0.15, -0.1) is 0 Å². The number of rotatable bonds is 8. The summed E-state index contributed by atoms with van der Waals surface area (Å²) in [4.78, 5) is 6.02. The summed E-state index contributed by atoms with van der Waals surface area (Å²) in [6.45, 7) is 3.98. The highest BCUT2D eigenvalue weighted by Gasteiger charge is 2.06. The molecular weight excluding hydrogens is 290 g/mol. The average molecular weight is 315 g/mol. The molecule has 0 aliphatic heterocycles. The predicted molar refractivity (Wildman–Crippen MR) is 91.8 cm³/mol. The quantitative estimate of drug-likeness (QED) is 0.782. The molecule has 0 fully saturated rings. The van der Waals surface area contributed by atoms with Crippen molar-refractivity contribution in [2.45, 2.75) is 19.6 Å². The summed E-state index contributed by atoms with van der Waals surface area (Å²) in [5.41, 5.74) is 2.24. The fourth-order valence-electron chi connectivity index (χ4n) is 2.34. The molecule has 23 heavy (non-hydrogen) atoms. The van der Waals surface area contributed by atoms with Crippen molar-refractivity contribution in [2.75, 3.05) is 27.2 Å². The molecule has 0 saturated carbocycles. The van der Waals surface area contributed by atoms with Gasteiger partial charge in [-0.3, -0.25) is 4.98 Å². The molecule has 2 aromatic rings. The molecule has 0 saturated heterocycles. The Morgan fingerprint density at radius 1 is 1.30 bits per heavy atom. The van der Waals surface area contributed by atoms with E-state index in [1.165, 1.54) is 0 Å². The van der Waals surface area contributed by atoms with Crippen molar-refractivity contribution in [1.29, 1.82) is 0 Å². The fourth-order valence-corrected chi connectivity index (χ4v) is 2.34. The molecule has 0 aliphatic carbocycles. The number of aliphatic hydroxyl groups is 1. The van der Waals surface area contributed by atoms with Crippen LogP contribution in [0.25, 0.3) is 0 Å². The number of likely N-dealkylation sites (N-methyl/N-ethyl adjacent to an activating group) is 1. The minimum Gasteiger partial charge on any atom is -0.455 e. The van der Waals surface area contributed by atoms with Gasteiger partial charge < -0.3 is 20.1 Å². The van der Waals surface area contributed by atoms with Crippen molar-refractivity contribution in [3.8, 4) is 11.5 Å². The summed E-state index contributed by atoms with van der Waals surface area (Å²) < 4.78 is 5.82. The van der Waals surface area contributed by atoms with Gasteiger partial charge in [0, 0.05) is 25.8 Å². The lowest BCUT2D eigenvalue weighted by Gasteiger charge is -2.16. The zero-order valence-electron chi connectivity index (χ0n) is 14.0. The molecular formula is C18H25N3O2. The van der Waals surface area contributed by atoms with Gasteiger partial charge in [-0.1, -0.05) is 12.1 Å². The second-order valence-corrected chi connectivity index (χ2v) is 5.94. The Kier molecular flexibility index (Phi) is 6.52. The van der Waals surface area contributed by atoms with Gasteiger partial charge in [-0.2, -0.15) is 0 Å². The van der Waals surface area contributed by atoms with Crippen molar-refractivity contribution >= 4 is 0 Å². The van der Waals surface area contributed by atoms with Crippen LogP contribution < -0.4 is 10.1 Å². The van der Waals surface area contributed by atoms with Crippen LogP contribution in [0.2, 0.25) is 0 Å². The van der Waals surface area contributed by atoms with E-state index in [0.717, 1.165) is 29.2 Å². The SMILES string of the molecule is Cc1cc(CNCC(O)CN(C)C)ccc1Oc1cccnc1. The summed E-state index contributed by atoms with van der Waals surface area (Å²) >= 11 is 0. The van der Waals surface area contributed by atoms with E-state index in [-0.39, 0.29) is 6.10 Å². The fraction of sp³-hybridized carbons (Fsp3) is 0.389. The first-order valence-electron chi connectivity index (χ1n) is 7.75. The predicted octanol–water partition coefficient (Wildman–Crippen LogP) is 2.19. The molecule has 1 atom stereocenters. The van der Waals surface area contributed by atoms with Gasteiger partial charge in [0.15, 0.2) is 0 Å². The molecule has 5 nitrogen and oxygen atoms in total. The number of hydrogen-bond donors (Lipinski definition) is 2. The van der Waals surface area contributed by atoms with E-state index >= 15 is 0 Å². The Morgan fingerprint density at radius 2 is 2.13 bits per heavy atom. The van der Waals surface area contributed by atoms with E-state index in [1.54, 1.807) is 12.4 Å². The molecule has 1 aromatic heterocycles. The maximum Gasteiger partial charge on any atom is 0.145 e. The van der Waals surface area contributed by atoms with Crippen LogP contribution in [0.15, 0.2) is 42.7 Å². The Bertz CT molecular complexity index is 602. The maximum absolute atomic E-state index is 9.83. The summed E-state index contributed by atoms with van der Waals surface area (Å²) in [5.74, 6) is 1.56. The van der Waals surface area contributed by atoms with Gasteiger partial charge in [-0.25, -0.2) is 0 Å². The van der Waals surface area contributed by atoms with Crippen LogP contribution in [0.1, 0.15) is 11.1 Å². The number of aliphatic hydroxyl groups excluding tert-OH is 1. The highest BCUT2D eigenvalue weighted by Crippen LogP contribution is 2.25. The summed E-state index contributed by atoms with van der Waals surface area (Å²) in [7, 11) is 3.90. The number of ether oxygens (including phenoxy) is 1. The van der Waals surface area contributed by atoms with Crippen LogP contribution in [-0.4, -0.2) is 48.3 Å². The van der Waals surface area contributed by atoms with Crippen molar-refractivity contribution in [2.24, 2.45) is 0 Å². The second-order valence-electron chi connectivity index (χ2n) is 5.94. The third-order valence-electron chi connectivity index (χ3n) is 3.39. The maximum atomic E-state index is 9.83. The summed E-state index contributed by atoms with van der Waals surface area (Å²) in [5, 5.41) is 13.1. The molecule has 0 radical (unpaired) electrons. The molecule has 0 aliphatic rings. The van der Waals surface area contributed by atoms with E-state index in [9.17, 15) is 5.11 Å². The minimum atomic E-state index is -0.362. The molecule has 1 aromatic carbocycles. The number of nitrogens with one attached hydrogen (secondary N) is 1. The number of aromatic nitrogens is 1. The molecule has 5 heteroatoms. The normalized spacial score (nSPS) is 12.4. The standard InChI is InChI=1S/C18H25N3O2/c1-14-9-15(10-20-11-16(22)13-21(2)3)6-7-18(14)23-17-5-4-8-19-12-17/h4-9,12,16,20,22H,10-11,13H2,1-3H3. The van der Waals surface area contributed by atoms with E-state index in [2.05, 4.69) is 16.4 Å². The monoisotopic (exact) mass is 315 g/mol. The van der Waals surface area contributed by atoms with Crippen LogP contribution in [-0.2, 0) is 6.54 Å². The van der Waals surface area contributed by atoms with Crippen LogP contribution in [0, 0.1) is 6.92 Å². The lowest BCUT2D eigenvalue weighted by Crippen LogP contribution is -2.34. The summed E-state index contributed by atoms with van der Waals surface area (Å²) in [6, 6.07) is 9.83. The zero-order valence-corrected chi connectivity index (χ0v) is 14.0. The largest absolute Gasteiger partial charge is 0.455 e. The lowest BCUT2D eigenvalue weighted by molar-refractivity contribution is 0.134. The Balaban J connectivity index is 1.87. The van der Waals surface area contributed by atoms with Crippen LogP contribution in [0.4, 0.5) is 0 Å². The molecule has 124 valence electrons. The third-order valence-corrected chi connectivity index (χ3v) is 3.39. The molecule has 0 amide bonds. The van der Waals surface area contributed by atoms with Gasteiger partial charge >= 0.3 is 0 Å². The lowest BCUT2D eigenvalue weighted by atomic mass is 10.1. The van der Waals surface area contributed by atoms with E-state index in [0.29, 0.717) is 13.1 Å². The highest BCUT2D eigenvalue weighted by atomic mass is 16.5. The third kappa shape index (κ3) is 5.98. The Labute approximate surface area is 137 Å². The number of aryl methyl sites for hydroxylation is 1. The first-order valence-corrected chi connectivity index (χ1v) is 7.75. The highest BCUT2D eigenvalue weighted by molar-refractivity contribution is 5.39. The van der Waals surface area contributed by atoms with Crippen molar-refractivity contribution in [1.82, 2.24) is 15.2 Å².